The average molecular weight is 429 g/mol. The molecule has 3 aromatic rings. The summed E-state index contributed by atoms with van der Waals surface area (Å²) in [7, 11) is 3.10. The Morgan fingerprint density at radius 3 is 2.22 bits per heavy atom. The van der Waals surface area contributed by atoms with Gasteiger partial charge in [-0.1, -0.05) is 35.9 Å². The van der Waals surface area contributed by atoms with E-state index in [2.05, 4.69) is 10.3 Å². The minimum Gasteiger partial charge on any atom is -0.497 e. The van der Waals surface area contributed by atoms with Crippen LogP contribution in [-0.2, 0) is 16.1 Å². The molecule has 0 atom stereocenters. The van der Waals surface area contributed by atoms with Gasteiger partial charge < -0.3 is 14.8 Å². The van der Waals surface area contributed by atoms with Gasteiger partial charge in [-0.05, 0) is 24.1 Å². The molecule has 0 bridgehead atoms. The van der Waals surface area contributed by atoms with E-state index in [-0.39, 0.29) is 18.1 Å². The van der Waals surface area contributed by atoms with Crippen molar-refractivity contribution >= 4 is 23.1 Å². The predicted octanol–water partition coefficient (Wildman–Crippen LogP) is 3.80. The maximum Gasteiger partial charge on any atom is 0.278 e. The quantitative estimate of drug-likeness (QED) is 0.576. The number of methoxy groups -OCH3 is 2. The second kappa shape index (κ2) is 8.93. The Kier molecular flexibility index (Phi) is 5.89. The zero-order chi connectivity index (χ0) is 22.7. The van der Waals surface area contributed by atoms with E-state index in [1.807, 2.05) is 37.3 Å². The van der Waals surface area contributed by atoms with Crippen LogP contribution >= 0.6 is 0 Å². The Morgan fingerprint density at radius 2 is 1.62 bits per heavy atom. The number of hydrogen-bond donors (Lipinski definition) is 1. The molecule has 4 rings (SSSR count). The highest BCUT2D eigenvalue weighted by molar-refractivity contribution is 6.36. The molecule has 7 heteroatoms. The summed E-state index contributed by atoms with van der Waals surface area (Å²) in [5.41, 5.74) is 3.59. The van der Waals surface area contributed by atoms with E-state index >= 15 is 0 Å². The van der Waals surface area contributed by atoms with E-state index < -0.39 is 5.91 Å². The van der Waals surface area contributed by atoms with Crippen LogP contribution in [0.1, 0.15) is 16.7 Å². The van der Waals surface area contributed by atoms with Crippen LogP contribution in [0.4, 0.5) is 5.69 Å². The highest BCUT2D eigenvalue weighted by atomic mass is 16.5. The minimum atomic E-state index is -0.406. The molecule has 162 valence electrons. The molecule has 2 heterocycles. The first-order valence-electron chi connectivity index (χ1n) is 10.1. The molecular weight excluding hydrogens is 406 g/mol. The fraction of sp³-hybridized carbons (Fsp3) is 0.160. The van der Waals surface area contributed by atoms with Gasteiger partial charge in [0.25, 0.3) is 11.8 Å². The summed E-state index contributed by atoms with van der Waals surface area (Å²) in [6.45, 7) is 2.10. The second-order valence-corrected chi connectivity index (χ2v) is 7.40. The monoisotopic (exact) mass is 429 g/mol. The van der Waals surface area contributed by atoms with Gasteiger partial charge in [-0.2, -0.15) is 0 Å². The standard InChI is InChI=1S/C25H23N3O4/c1-16-6-8-18(9-7-16)22-23(27-19-11-20(31-2)13-21(12-19)32-3)25(30)28(24(22)29)15-17-5-4-10-26-14-17/h4-14,27H,15H2,1-3H3. The zero-order valence-corrected chi connectivity index (χ0v) is 18.1. The zero-order valence-electron chi connectivity index (χ0n) is 18.1. The number of nitrogens with one attached hydrogen (secondary N) is 1. The molecule has 0 spiro atoms. The first-order valence-corrected chi connectivity index (χ1v) is 10.1. The lowest BCUT2D eigenvalue weighted by molar-refractivity contribution is -0.137. The number of aryl methyl sites for hydroxylation is 1. The molecule has 1 aliphatic heterocycles. The molecule has 32 heavy (non-hydrogen) atoms. The molecule has 1 aliphatic rings. The van der Waals surface area contributed by atoms with Gasteiger partial charge in [0.1, 0.15) is 17.2 Å². The van der Waals surface area contributed by atoms with Gasteiger partial charge in [-0.3, -0.25) is 19.5 Å². The lowest BCUT2D eigenvalue weighted by Gasteiger charge is -2.15. The Balaban J connectivity index is 1.76. The number of benzene rings is 2. The maximum atomic E-state index is 13.4. The third-order valence-corrected chi connectivity index (χ3v) is 5.19. The molecule has 7 nitrogen and oxygen atoms in total. The molecule has 2 amide bonds. The number of pyridine rings is 1. The number of nitrogens with zero attached hydrogens (tertiary/aromatic N) is 2. The lowest BCUT2D eigenvalue weighted by atomic mass is 10.0. The average Bonchev–Trinajstić information content (AvgIpc) is 3.04. The fourth-order valence-corrected chi connectivity index (χ4v) is 3.52. The first kappa shape index (κ1) is 21.1. The Bertz CT molecular complexity index is 1170. The maximum absolute atomic E-state index is 13.4. The molecule has 1 N–H and O–H groups in total. The summed E-state index contributed by atoms with van der Waals surface area (Å²) in [5.74, 6) is 0.359. The minimum absolute atomic E-state index is 0.132. The van der Waals surface area contributed by atoms with Crippen molar-refractivity contribution in [1.82, 2.24) is 9.88 Å². The van der Waals surface area contributed by atoms with Gasteiger partial charge in [-0.25, -0.2) is 0 Å². The summed E-state index contributed by atoms with van der Waals surface area (Å²) < 4.78 is 10.7. The Morgan fingerprint density at radius 1 is 0.938 bits per heavy atom. The van der Waals surface area contributed by atoms with Crippen molar-refractivity contribution in [2.24, 2.45) is 0 Å². The molecule has 2 aromatic carbocycles. The third-order valence-electron chi connectivity index (χ3n) is 5.19. The van der Waals surface area contributed by atoms with Crippen LogP contribution < -0.4 is 14.8 Å². The van der Waals surface area contributed by atoms with Crippen LogP contribution in [0, 0.1) is 6.92 Å². The number of carbonyl (C=O) groups excluding carboxylic acids is 2. The number of aromatic nitrogens is 1. The number of hydrogen-bond acceptors (Lipinski definition) is 6. The van der Waals surface area contributed by atoms with Gasteiger partial charge in [-0.15, -0.1) is 0 Å². The van der Waals surface area contributed by atoms with Crippen molar-refractivity contribution < 1.29 is 19.1 Å². The van der Waals surface area contributed by atoms with Crippen molar-refractivity contribution in [3.05, 3.63) is 89.4 Å². The number of rotatable bonds is 7. The molecule has 1 aromatic heterocycles. The molecular formula is C25H23N3O4. The smallest absolute Gasteiger partial charge is 0.278 e. The summed E-state index contributed by atoms with van der Waals surface area (Å²) in [5, 5.41) is 3.14. The number of imide groups is 1. The largest absolute Gasteiger partial charge is 0.497 e. The topological polar surface area (TPSA) is 80.8 Å². The van der Waals surface area contributed by atoms with Gasteiger partial charge in [0.2, 0.25) is 0 Å². The third kappa shape index (κ3) is 4.18. The van der Waals surface area contributed by atoms with E-state index in [1.165, 1.54) is 4.90 Å². The van der Waals surface area contributed by atoms with E-state index in [1.54, 1.807) is 50.9 Å². The summed E-state index contributed by atoms with van der Waals surface area (Å²) >= 11 is 0. The van der Waals surface area contributed by atoms with Gasteiger partial charge >= 0.3 is 0 Å². The summed E-state index contributed by atoms with van der Waals surface area (Å²) in [6.07, 6.45) is 3.29. The SMILES string of the molecule is COc1cc(NC2=C(c3ccc(C)cc3)C(=O)N(Cc3cccnc3)C2=O)cc(OC)c1. The van der Waals surface area contributed by atoms with Crippen molar-refractivity contribution in [1.29, 1.82) is 0 Å². The van der Waals surface area contributed by atoms with E-state index in [0.717, 1.165) is 11.1 Å². The number of anilines is 1. The molecule has 0 unspecified atom stereocenters. The van der Waals surface area contributed by atoms with E-state index in [9.17, 15) is 9.59 Å². The predicted molar refractivity (Wildman–Crippen MR) is 121 cm³/mol. The highest BCUT2D eigenvalue weighted by Gasteiger charge is 2.39. The first-order chi connectivity index (χ1) is 15.5. The van der Waals surface area contributed by atoms with Crippen LogP contribution in [-0.4, -0.2) is 35.9 Å². The highest BCUT2D eigenvalue weighted by Crippen LogP contribution is 2.33. The van der Waals surface area contributed by atoms with Gasteiger partial charge in [0.15, 0.2) is 0 Å². The summed E-state index contributed by atoms with van der Waals surface area (Å²) in [4.78, 5) is 32.1. The number of amides is 2. The van der Waals surface area contributed by atoms with Crippen LogP contribution in [0.5, 0.6) is 11.5 Å². The van der Waals surface area contributed by atoms with Crippen LogP contribution in [0.25, 0.3) is 5.57 Å². The molecule has 0 fully saturated rings. The normalized spacial score (nSPS) is 13.5. The van der Waals surface area contributed by atoms with Crippen molar-refractivity contribution in [2.75, 3.05) is 19.5 Å². The summed E-state index contributed by atoms with van der Waals surface area (Å²) in [6, 6.07) is 16.3. The van der Waals surface area contributed by atoms with Crippen molar-refractivity contribution in [3.63, 3.8) is 0 Å². The fourth-order valence-electron chi connectivity index (χ4n) is 3.52. The Labute approximate surface area is 186 Å². The van der Waals surface area contributed by atoms with Gasteiger partial charge in [0, 0.05) is 36.3 Å². The second-order valence-electron chi connectivity index (χ2n) is 7.40. The molecule has 0 saturated heterocycles. The van der Waals surface area contributed by atoms with Crippen LogP contribution in [0.3, 0.4) is 0 Å². The molecule has 0 saturated carbocycles. The van der Waals surface area contributed by atoms with E-state index in [4.69, 9.17) is 9.47 Å². The Hall–Kier alpha value is -4.13. The van der Waals surface area contributed by atoms with Crippen molar-refractivity contribution in [3.8, 4) is 11.5 Å². The van der Waals surface area contributed by atoms with Crippen LogP contribution in [0.2, 0.25) is 0 Å². The van der Waals surface area contributed by atoms with E-state index in [0.29, 0.717) is 28.3 Å². The van der Waals surface area contributed by atoms with Gasteiger partial charge in [0.05, 0.1) is 26.3 Å². The van der Waals surface area contributed by atoms with Crippen LogP contribution in [0.15, 0.2) is 72.7 Å². The number of ether oxygens (including phenoxy) is 2. The lowest BCUT2D eigenvalue weighted by Crippen LogP contribution is -2.32. The molecule has 0 aliphatic carbocycles. The van der Waals surface area contributed by atoms with Crippen molar-refractivity contribution in [2.45, 2.75) is 13.5 Å². The number of carbonyl (C=O) groups is 2. The molecule has 0 radical (unpaired) electrons.